The van der Waals surface area contributed by atoms with Crippen molar-refractivity contribution in [1.29, 1.82) is 0 Å². The van der Waals surface area contributed by atoms with Crippen molar-refractivity contribution in [1.82, 2.24) is 4.72 Å². The fraction of sp³-hybridized carbons (Fsp3) is 0.458. The van der Waals surface area contributed by atoms with E-state index in [0.29, 0.717) is 31.4 Å². The Morgan fingerprint density at radius 1 is 0.968 bits per heavy atom. The van der Waals surface area contributed by atoms with E-state index in [-0.39, 0.29) is 17.9 Å². The van der Waals surface area contributed by atoms with Crippen molar-refractivity contribution in [2.24, 2.45) is 5.92 Å². The zero-order chi connectivity index (χ0) is 22.6. The van der Waals surface area contributed by atoms with Crippen LogP contribution >= 0.6 is 0 Å². The predicted octanol–water partition coefficient (Wildman–Crippen LogP) is 3.77. The molecule has 3 rings (SSSR count). The number of carbonyl (C=O) groups is 1. The summed E-state index contributed by atoms with van der Waals surface area (Å²) in [7, 11) is -3.29. The number of hydrogen-bond donors (Lipinski definition) is 3. The molecule has 1 amide bonds. The lowest BCUT2D eigenvalue weighted by molar-refractivity contribution is -0.120. The summed E-state index contributed by atoms with van der Waals surface area (Å²) in [5.74, 6) is -0.181. The first-order chi connectivity index (χ1) is 14.6. The van der Waals surface area contributed by atoms with Gasteiger partial charge in [0.1, 0.15) is 5.60 Å². The molecule has 2 aromatic carbocycles. The SMILES string of the molecule is CC(C)S(=O)(=O)NC1CCC(C(=O)Nc2ccc(C(C)(O)c3ccccc3)cc2)CC1. The van der Waals surface area contributed by atoms with E-state index in [2.05, 4.69) is 10.0 Å². The number of rotatable bonds is 7. The van der Waals surface area contributed by atoms with Crippen LogP contribution in [-0.4, -0.2) is 30.7 Å². The van der Waals surface area contributed by atoms with Gasteiger partial charge in [-0.15, -0.1) is 0 Å². The summed E-state index contributed by atoms with van der Waals surface area (Å²) >= 11 is 0. The van der Waals surface area contributed by atoms with Crippen molar-refractivity contribution in [2.45, 2.75) is 63.3 Å². The standard InChI is InChI=1S/C24H32N2O4S/c1-17(2)31(29,30)26-22-13-9-18(10-14-22)23(27)25-21-15-11-20(12-16-21)24(3,28)19-7-5-4-6-8-19/h4-8,11-12,15-18,22,26,28H,9-10,13-14H2,1-3H3,(H,25,27). The number of benzene rings is 2. The van der Waals surface area contributed by atoms with E-state index in [1.54, 1.807) is 32.9 Å². The number of aliphatic hydroxyl groups is 1. The van der Waals surface area contributed by atoms with E-state index in [1.807, 2.05) is 42.5 Å². The van der Waals surface area contributed by atoms with Gasteiger partial charge in [0, 0.05) is 17.6 Å². The average molecular weight is 445 g/mol. The Morgan fingerprint density at radius 3 is 2.06 bits per heavy atom. The van der Waals surface area contributed by atoms with Crippen molar-refractivity contribution in [3.63, 3.8) is 0 Å². The molecule has 6 nitrogen and oxygen atoms in total. The number of anilines is 1. The molecule has 0 bridgehead atoms. The number of amides is 1. The first kappa shape index (κ1) is 23.4. The normalized spacial score (nSPS) is 21.5. The molecule has 0 radical (unpaired) electrons. The summed E-state index contributed by atoms with van der Waals surface area (Å²) in [5.41, 5.74) is 1.11. The Kier molecular flexibility index (Phi) is 7.19. The second-order valence-electron chi connectivity index (χ2n) is 8.77. The molecule has 7 heteroatoms. The highest BCUT2D eigenvalue weighted by Crippen LogP contribution is 2.30. The van der Waals surface area contributed by atoms with Crippen molar-refractivity contribution in [2.75, 3.05) is 5.32 Å². The first-order valence-electron chi connectivity index (χ1n) is 10.8. The maximum atomic E-state index is 12.7. The zero-order valence-electron chi connectivity index (χ0n) is 18.3. The van der Waals surface area contributed by atoms with Gasteiger partial charge in [0.15, 0.2) is 0 Å². The van der Waals surface area contributed by atoms with Crippen LogP contribution in [0.15, 0.2) is 54.6 Å². The third-order valence-corrected chi connectivity index (χ3v) is 8.00. The maximum Gasteiger partial charge on any atom is 0.227 e. The first-order valence-corrected chi connectivity index (χ1v) is 12.3. The van der Waals surface area contributed by atoms with E-state index in [0.717, 1.165) is 11.1 Å². The van der Waals surface area contributed by atoms with E-state index in [9.17, 15) is 18.3 Å². The summed E-state index contributed by atoms with van der Waals surface area (Å²) in [6, 6.07) is 16.6. The Balaban J connectivity index is 1.56. The Morgan fingerprint density at radius 2 is 1.52 bits per heavy atom. The summed E-state index contributed by atoms with van der Waals surface area (Å²) in [6.07, 6.45) is 2.61. The number of sulfonamides is 1. The van der Waals surface area contributed by atoms with Crippen LogP contribution in [0.4, 0.5) is 5.69 Å². The van der Waals surface area contributed by atoms with Crippen molar-refractivity contribution in [3.8, 4) is 0 Å². The molecule has 0 aliphatic heterocycles. The van der Waals surface area contributed by atoms with Crippen LogP contribution in [0.25, 0.3) is 0 Å². The topological polar surface area (TPSA) is 95.5 Å². The van der Waals surface area contributed by atoms with Crippen LogP contribution in [0.1, 0.15) is 57.6 Å². The number of nitrogens with one attached hydrogen (secondary N) is 2. The predicted molar refractivity (Wildman–Crippen MR) is 123 cm³/mol. The minimum absolute atomic E-state index is 0.0484. The smallest absolute Gasteiger partial charge is 0.227 e. The van der Waals surface area contributed by atoms with Gasteiger partial charge < -0.3 is 10.4 Å². The highest BCUT2D eigenvalue weighted by atomic mass is 32.2. The molecule has 3 N–H and O–H groups in total. The van der Waals surface area contributed by atoms with Gasteiger partial charge in [0.2, 0.25) is 15.9 Å². The van der Waals surface area contributed by atoms with Crippen LogP contribution in [0.3, 0.4) is 0 Å². The van der Waals surface area contributed by atoms with Crippen LogP contribution in [0, 0.1) is 5.92 Å². The van der Waals surface area contributed by atoms with Crippen molar-refractivity contribution < 1.29 is 18.3 Å². The monoisotopic (exact) mass is 444 g/mol. The molecule has 0 heterocycles. The molecule has 1 saturated carbocycles. The highest BCUT2D eigenvalue weighted by molar-refractivity contribution is 7.90. The molecule has 0 saturated heterocycles. The third-order valence-electron chi connectivity index (χ3n) is 6.10. The van der Waals surface area contributed by atoms with Gasteiger partial charge in [-0.25, -0.2) is 13.1 Å². The van der Waals surface area contributed by atoms with Gasteiger partial charge in [0.05, 0.1) is 5.25 Å². The number of carbonyl (C=O) groups excluding carboxylic acids is 1. The fourth-order valence-electron chi connectivity index (χ4n) is 3.89. The number of hydrogen-bond acceptors (Lipinski definition) is 4. The molecular formula is C24H32N2O4S. The maximum absolute atomic E-state index is 12.7. The Bertz CT molecular complexity index is 978. The van der Waals surface area contributed by atoms with Gasteiger partial charge in [-0.1, -0.05) is 42.5 Å². The summed E-state index contributed by atoms with van der Waals surface area (Å²) in [6.45, 7) is 5.07. The zero-order valence-corrected chi connectivity index (χ0v) is 19.2. The van der Waals surface area contributed by atoms with Gasteiger partial charge >= 0.3 is 0 Å². The van der Waals surface area contributed by atoms with Gasteiger partial charge in [-0.2, -0.15) is 0 Å². The second-order valence-corrected chi connectivity index (χ2v) is 11.0. The molecule has 1 aliphatic rings. The van der Waals surface area contributed by atoms with E-state index in [4.69, 9.17) is 0 Å². The van der Waals surface area contributed by atoms with E-state index < -0.39 is 20.9 Å². The molecule has 0 aromatic heterocycles. The molecule has 1 fully saturated rings. The van der Waals surface area contributed by atoms with Crippen molar-refractivity contribution >= 4 is 21.6 Å². The van der Waals surface area contributed by atoms with Crippen molar-refractivity contribution in [3.05, 3.63) is 65.7 Å². The minimum atomic E-state index is -3.29. The third kappa shape index (κ3) is 5.73. The second kappa shape index (κ2) is 9.51. The van der Waals surface area contributed by atoms with Gasteiger partial charge in [0.25, 0.3) is 0 Å². The highest BCUT2D eigenvalue weighted by Gasteiger charge is 2.30. The molecule has 2 aromatic rings. The molecule has 1 aliphatic carbocycles. The van der Waals surface area contributed by atoms with E-state index >= 15 is 0 Å². The Hall–Kier alpha value is -2.22. The average Bonchev–Trinajstić information content (AvgIpc) is 2.75. The Labute approximate surface area is 185 Å². The quantitative estimate of drug-likeness (QED) is 0.606. The van der Waals surface area contributed by atoms with E-state index in [1.165, 1.54) is 0 Å². The lowest BCUT2D eigenvalue weighted by Gasteiger charge is -2.29. The molecular weight excluding hydrogens is 412 g/mol. The lowest BCUT2D eigenvalue weighted by atomic mass is 9.86. The van der Waals surface area contributed by atoms with Crippen LogP contribution in [-0.2, 0) is 20.4 Å². The molecule has 0 spiro atoms. The van der Waals surface area contributed by atoms with Crippen LogP contribution in [0.5, 0.6) is 0 Å². The lowest BCUT2D eigenvalue weighted by Crippen LogP contribution is -2.42. The van der Waals surface area contributed by atoms with Gasteiger partial charge in [-0.3, -0.25) is 4.79 Å². The largest absolute Gasteiger partial charge is 0.381 e. The summed E-state index contributed by atoms with van der Waals surface area (Å²) in [4.78, 5) is 12.7. The summed E-state index contributed by atoms with van der Waals surface area (Å²) in [5, 5.41) is 13.4. The molecule has 168 valence electrons. The van der Waals surface area contributed by atoms with Gasteiger partial charge in [-0.05, 0) is 69.7 Å². The minimum Gasteiger partial charge on any atom is -0.381 e. The molecule has 31 heavy (non-hydrogen) atoms. The fourth-order valence-corrected chi connectivity index (χ4v) is 4.87. The van der Waals surface area contributed by atoms with Crippen LogP contribution in [0.2, 0.25) is 0 Å². The molecule has 1 atom stereocenters. The summed E-state index contributed by atoms with van der Waals surface area (Å²) < 4.78 is 26.8. The van der Waals surface area contributed by atoms with Crippen LogP contribution < -0.4 is 10.0 Å². The molecule has 1 unspecified atom stereocenters.